The third-order valence-corrected chi connectivity index (χ3v) is 4.32. The Balaban J connectivity index is 1.56. The highest BCUT2D eigenvalue weighted by Crippen LogP contribution is 2.25. The van der Waals surface area contributed by atoms with E-state index in [1.54, 1.807) is 24.3 Å². The van der Waals surface area contributed by atoms with Crippen molar-refractivity contribution in [2.75, 3.05) is 0 Å². The second kappa shape index (κ2) is 6.51. The molecule has 1 amide bonds. The van der Waals surface area contributed by atoms with E-state index in [0.717, 1.165) is 22.3 Å². The van der Waals surface area contributed by atoms with Crippen LogP contribution in [-0.4, -0.2) is 26.7 Å². The van der Waals surface area contributed by atoms with E-state index in [2.05, 4.69) is 20.5 Å². The van der Waals surface area contributed by atoms with E-state index >= 15 is 0 Å². The number of hydrogen-bond donors (Lipinski definition) is 3. The fourth-order valence-electron chi connectivity index (χ4n) is 3.02. The Labute approximate surface area is 149 Å². The fourth-order valence-corrected chi connectivity index (χ4v) is 3.02. The van der Waals surface area contributed by atoms with Gasteiger partial charge in [-0.05, 0) is 24.3 Å². The normalized spacial score (nSPS) is 17.0. The van der Waals surface area contributed by atoms with Crippen LogP contribution in [0.5, 0.6) is 11.5 Å². The van der Waals surface area contributed by atoms with Crippen LogP contribution in [0.2, 0.25) is 0 Å². The van der Waals surface area contributed by atoms with Gasteiger partial charge in [0.05, 0.1) is 16.7 Å². The van der Waals surface area contributed by atoms with Crippen LogP contribution in [0.25, 0.3) is 11.0 Å². The number of amides is 1. The molecular formula is C19H18N4O3. The number of phenolic OH excluding ortho intramolecular Hbond substituents is 1. The molecule has 2 heterocycles. The molecule has 7 heteroatoms. The zero-order chi connectivity index (χ0) is 18.1. The highest BCUT2D eigenvalue weighted by atomic mass is 16.5. The lowest BCUT2D eigenvalue weighted by Crippen LogP contribution is -2.31. The maximum absolute atomic E-state index is 11.4. The van der Waals surface area contributed by atoms with Crippen molar-refractivity contribution in [3.05, 3.63) is 53.9 Å². The monoisotopic (exact) mass is 350 g/mol. The maximum atomic E-state index is 11.4. The number of phenols is 1. The van der Waals surface area contributed by atoms with E-state index < -0.39 is 0 Å². The van der Waals surface area contributed by atoms with Gasteiger partial charge < -0.3 is 14.8 Å². The maximum Gasteiger partial charge on any atom is 0.240 e. The Bertz CT molecular complexity index is 1010. The quantitative estimate of drug-likeness (QED) is 0.673. The van der Waals surface area contributed by atoms with Crippen molar-refractivity contribution in [3.63, 3.8) is 0 Å². The molecule has 1 aliphatic rings. The van der Waals surface area contributed by atoms with Gasteiger partial charge in [0.15, 0.2) is 11.5 Å². The number of hydrazone groups is 1. The summed E-state index contributed by atoms with van der Waals surface area (Å²) >= 11 is 0. The molecule has 2 aromatic carbocycles. The van der Waals surface area contributed by atoms with E-state index in [-0.39, 0.29) is 24.2 Å². The minimum atomic E-state index is -0.0625. The van der Waals surface area contributed by atoms with Crippen molar-refractivity contribution < 1.29 is 14.6 Å². The van der Waals surface area contributed by atoms with Crippen molar-refractivity contribution in [2.24, 2.45) is 11.0 Å². The largest absolute Gasteiger partial charge is 0.504 e. The lowest BCUT2D eigenvalue weighted by Gasteiger charge is -2.18. The predicted octanol–water partition coefficient (Wildman–Crippen LogP) is 2.71. The second-order valence-electron chi connectivity index (χ2n) is 6.31. The van der Waals surface area contributed by atoms with Gasteiger partial charge in [-0.2, -0.15) is 5.10 Å². The molecule has 0 radical (unpaired) electrons. The van der Waals surface area contributed by atoms with Gasteiger partial charge in [-0.3, -0.25) is 4.79 Å². The summed E-state index contributed by atoms with van der Waals surface area (Å²) in [5, 5.41) is 13.9. The minimum absolute atomic E-state index is 0.0625. The van der Waals surface area contributed by atoms with Gasteiger partial charge in [0.2, 0.25) is 5.91 Å². The first-order valence-corrected chi connectivity index (χ1v) is 8.36. The van der Waals surface area contributed by atoms with Crippen LogP contribution in [-0.2, 0) is 11.4 Å². The number of aromatic hydroxyl groups is 1. The van der Waals surface area contributed by atoms with Crippen LogP contribution < -0.4 is 10.2 Å². The van der Waals surface area contributed by atoms with Gasteiger partial charge in [0.25, 0.3) is 0 Å². The Kier molecular flexibility index (Phi) is 4.04. The summed E-state index contributed by atoms with van der Waals surface area (Å²) < 4.78 is 5.61. The van der Waals surface area contributed by atoms with Gasteiger partial charge in [-0.1, -0.05) is 25.1 Å². The number of imidazole rings is 1. The molecule has 0 unspecified atom stereocenters. The fraction of sp³-hybridized carbons (Fsp3) is 0.211. The molecule has 0 saturated heterocycles. The molecule has 0 fully saturated rings. The Morgan fingerprint density at radius 3 is 2.92 bits per heavy atom. The van der Waals surface area contributed by atoms with Gasteiger partial charge in [0, 0.05) is 17.9 Å². The lowest BCUT2D eigenvalue weighted by molar-refractivity contribution is -0.121. The third kappa shape index (κ3) is 3.11. The van der Waals surface area contributed by atoms with Crippen LogP contribution in [0.1, 0.15) is 24.7 Å². The number of nitrogens with zero attached hydrogens (tertiary/aromatic N) is 2. The number of aromatic nitrogens is 2. The highest BCUT2D eigenvalue weighted by Gasteiger charge is 2.22. The summed E-state index contributed by atoms with van der Waals surface area (Å²) in [6.45, 7) is 2.20. The first-order chi connectivity index (χ1) is 12.6. The van der Waals surface area contributed by atoms with E-state index in [9.17, 15) is 9.90 Å². The summed E-state index contributed by atoms with van der Waals surface area (Å²) in [7, 11) is 0. The average Bonchev–Trinajstić information content (AvgIpc) is 3.03. The molecule has 3 aromatic rings. The van der Waals surface area contributed by atoms with E-state index in [0.29, 0.717) is 18.0 Å². The molecule has 132 valence electrons. The molecule has 1 aliphatic heterocycles. The van der Waals surface area contributed by atoms with Crippen molar-refractivity contribution in [2.45, 2.75) is 20.0 Å². The number of carbonyl (C=O) groups excluding carboxylic acids is 1. The zero-order valence-electron chi connectivity index (χ0n) is 14.2. The van der Waals surface area contributed by atoms with Gasteiger partial charge in [0.1, 0.15) is 12.4 Å². The molecule has 26 heavy (non-hydrogen) atoms. The standard InChI is InChI=1S/C19H18N4O3/c1-11-8-18(25)22-23-19(11)12-6-7-13-14(9-12)21-17(20-13)10-26-16-5-3-2-4-15(16)24/h2-7,9,11,24H,8,10H2,1H3,(H,20,21)(H,22,25)/t11-/m0/s1. The summed E-state index contributed by atoms with van der Waals surface area (Å²) in [5.74, 6) is 1.17. The third-order valence-electron chi connectivity index (χ3n) is 4.32. The van der Waals surface area contributed by atoms with Gasteiger partial charge >= 0.3 is 0 Å². The number of H-pyrrole nitrogens is 1. The number of carbonyl (C=O) groups is 1. The predicted molar refractivity (Wildman–Crippen MR) is 97.0 cm³/mol. The Morgan fingerprint density at radius 2 is 2.12 bits per heavy atom. The molecular weight excluding hydrogens is 332 g/mol. The van der Waals surface area contributed by atoms with Crippen molar-refractivity contribution >= 4 is 22.7 Å². The molecule has 0 bridgehead atoms. The average molecular weight is 350 g/mol. The molecule has 1 atom stereocenters. The summed E-state index contributed by atoms with van der Waals surface area (Å²) in [6, 6.07) is 12.6. The molecule has 4 rings (SSSR count). The topological polar surface area (TPSA) is 99.6 Å². The van der Waals surface area contributed by atoms with E-state index in [1.807, 2.05) is 25.1 Å². The number of aromatic amines is 1. The van der Waals surface area contributed by atoms with E-state index in [1.165, 1.54) is 0 Å². The van der Waals surface area contributed by atoms with Crippen LogP contribution in [0.15, 0.2) is 47.6 Å². The number of fused-ring (bicyclic) bond motifs is 1. The highest BCUT2D eigenvalue weighted by molar-refractivity contribution is 6.07. The smallest absolute Gasteiger partial charge is 0.240 e. The molecule has 0 aliphatic carbocycles. The van der Waals surface area contributed by atoms with Crippen molar-refractivity contribution in [3.8, 4) is 11.5 Å². The minimum Gasteiger partial charge on any atom is -0.504 e. The first-order valence-electron chi connectivity index (χ1n) is 8.36. The number of benzene rings is 2. The number of para-hydroxylation sites is 2. The summed E-state index contributed by atoms with van der Waals surface area (Å²) in [5.41, 5.74) is 6.02. The molecule has 0 saturated carbocycles. The molecule has 1 aromatic heterocycles. The van der Waals surface area contributed by atoms with Gasteiger partial charge in [-0.25, -0.2) is 10.4 Å². The van der Waals surface area contributed by atoms with Crippen LogP contribution in [0.4, 0.5) is 0 Å². The number of hydrogen-bond acceptors (Lipinski definition) is 5. The van der Waals surface area contributed by atoms with E-state index in [4.69, 9.17) is 4.74 Å². The lowest BCUT2D eigenvalue weighted by atomic mass is 9.94. The van der Waals surface area contributed by atoms with Gasteiger partial charge in [-0.15, -0.1) is 0 Å². The number of ether oxygens (including phenoxy) is 1. The molecule has 7 nitrogen and oxygen atoms in total. The van der Waals surface area contributed by atoms with Crippen LogP contribution >= 0.6 is 0 Å². The molecule has 3 N–H and O–H groups in total. The Hall–Kier alpha value is -3.35. The second-order valence-corrected chi connectivity index (χ2v) is 6.31. The SMILES string of the molecule is C[C@H]1CC(=O)NN=C1c1ccc2nc(COc3ccccc3O)[nH]c2c1. The zero-order valence-corrected chi connectivity index (χ0v) is 14.2. The summed E-state index contributed by atoms with van der Waals surface area (Å²) in [4.78, 5) is 19.1. The Morgan fingerprint density at radius 1 is 1.27 bits per heavy atom. The van der Waals surface area contributed by atoms with Crippen molar-refractivity contribution in [1.82, 2.24) is 15.4 Å². The molecule has 0 spiro atoms. The van der Waals surface area contributed by atoms with Crippen LogP contribution in [0.3, 0.4) is 0 Å². The van der Waals surface area contributed by atoms with Crippen LogP contribution in [0, 0.1) is 5.92 Å². The number of nitrogens with one attached hydrogen (secondary N) is 2. The summed E-state index contributed by atoms with van der Waals surface area (Å²) in [6.07, 6.45) is 0.430. The number of rotatable bonds is 4. The first kappa shape index (κ1) is 16.1. The van der Waals surface area contributed by atoms with Crippen molar-refractivity contribution in [1.29, 1.82) is 0 Å².